The van der Waals surface area contributed by atoms with E-state index in [1.165, 1.54) is 0 Å². The maximum absolute atomic E-state index is 12.5. The second-order valence-electron chi connectivity index (χ2n) is 5.93. The number of nitrogens with zero attached hydrogens (tertiary/aromatic N) is 2. The lowest BCUT2D eigenvalue weighted by atomic mass is 10.2. The van der Waals surface area contributed by atoms with Crippen molar-refractivity contribution in [3.8, 4) is 0 Å². The molecule has 2 heterocycles. The van der Waals surface area contributed by atoms with Crippen molar-refractivity contribution >= 4 is 34.8 Å². The second kappa shape index (κ2) is 8.47. The zero-order chi connectivity index (χ0) is 17.6. The molecule has 1 saturated heterocycles. The summed E-state index contributed by atoms with van der Waals surface area (Å²) in [6.07, 6.45) is 0. The molecule has 1 aromatic heterocycles. The zero-order valence-electron chi connectivity index (χ0n) is 13.8. The fourth-order valence-corrected chi connectivity index (χ4v) is 3.51. The van der Waals surface area contributed by atoms with Crippen LogP contribution in [0, 0.1) is 0 Å². The van der Waals surface area contributed by atoms with Gasteiger partial charge in [0.05, 0.1) is 13.1 Å². The number of amides is 2. The Morgan fingerprint density at radius 1 is 1.08 bits per heavy atom. The Morgan fingerprint density at radius 2 is 1.80 bits per heavy atom. The first-order valence-corrected chi connectivity index (χ1v) is 9.44. The van der Waals surface area contributed by atoms with Gasteiger partial charge in [-0.2, -0.15) is 0 Å². The van der Waals surface area contributed by atoms with E-state index in [2.05, 4.69) is 10.2 Å². The molecular weight excluding hydrogens is 358 g/mol. The molecule has 1 fully saturated rings. The Labute approximate surface area is 156 Å². The van der Waals surface area contributed by atoms with Crippen LogP contribution in [0.3, 0.4) is 0 Å². The van der Waals surface area contributed by atoms with Crippen LogP contribution in [-0.4, -0.2) is 54.3 Å². The van der Waals surface area contributed by atoms with E-state index in [1.54, 1.807) is 35.6 Å². The highest BCUT2D eigenvalue weighted by molar-refractivity contribution is 7.09. The number of benzene rings is 1. The van der Waals surface area contributed by atoms with Crippen LogP contribution in [0.2, 0.25) is 5.02 Å². The second-order valence-corrected chi connectivity index (χ2v) is 7.40. The molecule has 0 saturated carbocycles. The molecule has 0 atom stereocenters. The molecule has 2 aromatic rings. The third-order valence-corrected chi connectivity index (χ3v) is 5.29. The van der Waals surface area contributed by atoms with Gasteiger partial charge in [-0.15, -0.1) is 11.3 Å². The summed E-state index contributed by atoms with van der Waals surface area (Å²) in [5.41, 5.74) is 0.645. The molecule has 0 spiro atoms. The fourth-order valence-electron chi connectivity index (χ4n) is 2.74. The van der Waals surface area contributed by atoms with Crippen LogP contribution in [0.15, 0.2) is 41.8 Å². The van der Waals surface area contributed by atoms with Gasteiger partial charge in [-0.05, 0) is 35.7 Å². The predicted octanol–water partition coefficient (Wildman–Crippen LogP) is 2.48. The number of rotatable bonds is 5. The van der Waals surface area contributed by atoms with Crippen LogP contribution in [0.5, 0.6) is 0 Å². The molecule has 1 aliphatic heterocycles. The van der Waals surface area contributed by atoms with Gasteiger partial charge in [0.2, 0.25) is 5.91 Å². The molecule has 1 aromatic carbocycles. The number of halogens is 1. The van der Waals surface area contributed by atoms with Gasteiger partial charge in [0, 0.05) is 41.6 Å². The topological polar surface area (TPSA) is 52.7 Å². The van der Waals surface area contributed by atoms with Crippen molar-refractivity contribution < 1.29 is 9.59 Å². The normalized spacial score (nSPS) is 15.2. The first-order chi connectivity index (χ1) is 12.1. The van der Waals surface area contributed by atoms with E-state index in [0.717, 1.165) is 4.88 Å². The van der Waals surface area contributed by atoms with Crippen molar-refractivity contribution in [3.05, 3.63) is 57.2 Å². The first-order valence-electron chi connectivity index (χ1n) is 8.18. The summed E-state index contributed by atoms with van der Waals surface area (Å²) in [7, 11) is 0. The number of carbonyl (C=O) groups is 2. The van der Waals surface area contributed by atoms with E-state index in [0.29, 0.717) is 49.9 Å². The number of hydrogen-bond acceptors (Lipinski definition) is 4. The van der Waals surface area contributed by atoms with Crippen molar-refractivity contribution in [1.29, 1.82) is 0 Å². The lowest BCUT2D eigenvalue weighted by molar-refractivity contribution is -0.122. The van der Waals surface area contributed by atoms with Crippen LogP contribution < -0.4 is 5.32 Å². The van der Waals surface area contributed by atoms with Crippen LogP contribution in [0.25, 0.3) is 0 Å². The van der Waals surface area contributed by atoms with Gasteiger partial charge in [-0.25, -0.2) is 0 Å². The summed E-state index contributed by atoms with van der Waals surface area (Å²) in [5, 5.41) is 5.55. The van der Waals surface area contributed by atoms with Crippen molar-refractivity contribution in [2.75, 3.05) is 32.7 Å². The minimum absolute atomic E-state index is 0.0125. The molecule has 0 bridgehead atoms. The van der Waals surface area contributed by atoms with E-state index >= 15 is 0 Å². The quantitative estimate of drug-likeness (QED) is 0.870. The summed E-state index contributed by atoms with van der Waals surface area (Å²) in [6.45, 7) is 3.59. The number of thiophene rings is 1. The number of nitrogens with one attached hydrogen (secondary N) is 1. The van der Waals surface area contributed by atoms with Crippen LogP contribution >= 0.6 is 22.9 Å². The minimum atomic E-state index is 0.0125. The van der Waals surface area contributed by atoms with Crippen molar-refractivity contribution in [3.63, 3.8) is 0 Å². The molecule has 132 valence electrons. The van der Waals surface area contributed by atoms with Crippen LogP contribution in [0.1, 0.15) is 15.2 Å². The van der Waals surface area contributed by atoms with Gasteiger partial charge in [0.25, 0.3) is 5.91 Å². The van der Waals surface area contributed by atoms with Gasteiger partial charge >= 0.3 is 0 Å². The lowest BCUT2D eigenvalue weighted by Crippen LogP contribution is -2.51. The summed E-state index contributed by atoms with van der Waals surface area (Å²) >= 11 is 7.49. The average molecular weight is 378 g/mol. The molecule has 7 heteroatoms. The molecule has 25 heavy (non-hydrogen) atoms. The van der Waals surface area contributed by atoms with Crippen molar-refractivity contribution in [1.82, 2.24) is 15.1 Å². The summed E-state index contributed by atoms with van der Waals surface area (Å²) < 4.78 is 0. The maximum Gasteiger partial charge on any atom is 0.253 e. The Balaban J connectivity index is 1.42. The van der Waals surface area contributed by atoms with Gasteiger partial charge in [0.15, 0.2) is 0 Å². The molecule has 0 aliphatic carbocycles. The Kier molecular flexibility index (Phi) is 6.07. The minimum Gasteiger partial charge on any atom is -0.350 e. The Bertz CT molecular complexity index is 710. The largest absolute Gasteiger partial charge is 0.350 e. The van der Waals surface area contributed by atoms with Gasteiger partial charge in [-0.1, -0.05) is 17.7 Å². The van der Waals surface area contributed by atoms with E-state index in [1.807, 2.05) is 22.4 Å². The Hall–Kier alpha value is -1.89. The van der Waals surface area contributed by atoms with E-state index in [4.69, 9.17) is 11.6 Å². The van der Waals surface area contributed by atoms with E-state index in [9.17, 15) is 9.59 Å². The van der Waals surface area contributed by atoms with Crippen LogP contribution in [-0.2, 0) is 11.3 Å². The summed E-state index contributed by atoms with van der Waals surface area (Å²) in [4.78, 5) is 29.5. The maximum atomic E-state index is 12.5. The van der Waals surface area contributed by atoms with Crippen molar-refractivity contribution in [2.24, 2.45) is 0 Å². The molecule has 3 rings (SSSR count). The van der Waals surface area contributed by atoms with E-state index in [-0.39, 0.29) is 11.8 Å². The third kappa shape index (κ3) is 5.04. The fraction of sp³-hybridized carbons (Fsp3) is 0.333. The molecule has 1 N–H and O–H groups in total. The highest BCUT2D eigenvalue weighted by atomic mass is 35.5. The zero-order valence-corrected chi connectivity index (χ0v) is 15.4. The predicted molar refractivity (Wildman–Crippen MR) is 100.0 cm³/mol. The monoisotopic (exact) mass is 377 g/mol. The highest BCUT2D eigenvalue weighted by Crippen LogP contribution is 2.13. The third-order valence-electron chi connectivity index (χ3n) is 4.16. The van der Waals surface area contributed by atoms with Crippen LogP contribution in [0.4, 0.5) is 0 Å². The van der Waals surface area contributed by atoms with Crippen molar-refractivity contribution in [2.45, 2.75) is 6.54 Å². The number of hydrogen-bond donors (Lipinski definition) is 1. The summed E-state index contributed by atoms with van der Waals surface area (Å²) in [5.74, 6) is 0.0318. The molecule has 0 unspecified atom stereocenters. The molecular formula is C18H20ClN3O2S. The molecule has 0 radical (unpaired) electrons. The average Bonchev–Trinajstić information content (AvgIpc) is 3.14. The molecule has 2 amide bonds. The van der Waals surface area contributed by atoms with E-state index < -0.39 is 0 Å². The Morgan fingerprint density at radius 3 is 2.44 bits per heavy atom. The molecule has 5 nitrogen and oxygen atoms in total. The van der Waals surface area contributed by atoms with Gasteiger partial charge in [-0.3, -0.25) is 14.5 Å². The SMILES string of the molecule is O=C(CN1CCN(C(=O)c2ccc(Cl)cc2)CC1)NCc1cccs1. The standard InChI is InChI=1S/C18H20ClN3O2S/c19-15-5-3-14(4-6-15)18(24)22-9-7-21(8-10-22)13-17(23)20-12-16-2-1-11-25-16/h1-6,11H,7-10,12-13H2,(H,20,23). The first kappa shape index (κ1) is 17.9. The summed E-state index contributed by atoms with van der Waals surface area (Å²) in [6, 6.07) is 10.9. The smallest absolute Gasteiger partial charge is 0.253 e. The molecule has 1 aliphatic rings. The van der Waals surface area contributed by atoms with Gasteiger partial charge < -0.3 is 10.2 Å². The number of carbonyl (C=O) groups excluding carboxylic acids is 2. The highest BCUT2D eigenvalue weighted by Gasteiger charge is 2.23. The van der Waals surface area contributed by atoms with Gasteiger partial charge in [0.1, 0.15) is 0 Å². The number of piperazine rings is 1. The lowest BCUT2D eigenvalue weighted by Gasteiger charge is -2.34.